The summed E-state index contributed by atoms with van der Waals surface area (Å²) >= 11 is 10.5. The summed E-state index contributed by atoms with van der Waals surface area (Å²) in [5.74, 6) is -0.698. The van der Waals surface area contributed by atoms with E-state index in [9.17, 15) is 18.0 Å². The van der Waals surface area contributed by atoms with Crippen LogP contribution in [0.4, 0.5) is 18.9 Å². The van der Waals surface area contributed by atoms with Crippen LogP contribution in [0.25, 0.3) is 0 Å². The van der Waals surface area contributed by atoms with Gasteiger partial charge in [-0.15, -0.1) is 0 Å². The van der Waals surface area contributed by atoms with Crippen LogP contribution in [0.5, 0.6) is 0 Å². The highest BCUT2D eigenvalue weighted by Gasteiger charge is 2.33. The average Bonchev–Trinajstić information content (AvgIpc) is 2.54. The number of amides is 1. The first-order chi connectivity index (χ1) is 11.3. The molecular weight excluding hydrogens is 361 g/mol. The van der Waals surface area contributed by atoms with Crippen LogP contribution < -0.4 is 10.6 Å². The van der Waals surface area contributed by atoms with Crippen LogP contribution in [0.2, 0.25) is 5.02 Å². The van der Waals surface area contributed by atoms with E-state index in [1.807, 2.05) is 30.3 Å². The Bertz CT molecular complexity index is 751. The van der Waals surface area contributed by atoms with E-state index < -0.39 is 22.7 Å². The van der Waals surface area contributed by atoms with E-state index in [1.165, 1.54) is 6.07 Å². The van der Waals surface area contributed by atoms with Gasteiger partial charge in [0.2, 0.25) is 0 Å². The highest BCUT2D eigenvalue weighted by Crippen LogP contribution is 2.36. The zero-order valence-electron chi connectivity index (χ0n) is 12.2. The topological polar surface area (TPSA) is 41.1 Å². The molecule has 0 aliphatic carbocycles. The Kier molecular flexibility index (Phi) is 5.80. The Balaban J connectivity index is 2.00. The van der Waals surface area contributed by atoms with Crippen molar-refractivity contribution in [2.45, 2.75) is 12.7 Å². The lowest BCUT2D eigenvalue weighted by molar-refractivity contribution is -0.137. The molecule has 1 amide bonds. The molecule has 0 aliphatic rings. The summed E-state index contributed by atoms with van der Waals surface area (Å²) < 4.78 is 38.4. The molecule has 2 N–H and O–H groups in total. The van der Waals surface area contributed by atoms with Crippen LogP contribution in [0.1, 0.15) is 11.1 Å². The van der Waals surface area contributed by atoms with Gasteiger partial charge in [0.1, 0.15) is 0 Å². The van der Waals surface area contributed by atoms with Crippen molar-refractivity contribution in [1.82, 2.24) is 5.32 Å². The monoisotopic (exact) mass is 372 g/mol. The third-order valence-corrected chi connectivity index (χ3v) is 3.69. The minimum atomic E-state index is -4.61. The Morgan fingerprint density at radius 2 is 1.79 bits per heavy atom. The quantitative estimate of drug-likeness (QED) is 0.784. The second-order valence-electron chi connectivity index (χ2n) is 4.81. The molecule has 0 radical (unpaired) electrons. The Hall–Kier alpha value is -2.12. The standard InChI is InChI=1S/C16H12ClF3N2OS/c17-13-7-6-11(8-12(13)16(18,19)20)22-14(23)15(24)21-9-10-4-2-1-3-5-10/h1-8H,9H2,(H,21,24)(H,22,23). The second kappa shape index (κ2) is 7.63. The fraction of sp³-hybridized carbons (Fsp3) is 0.125. The first-order valence-electron chi connectivity index (χ1n) is 6.77. The lowest BCUT2D eigenvalue weighted by atomic mass is 10.2. The van der Waals surface area contributed by atoms with Crippen LogP contribution in [-0.4, -0.2) is 10.9 Å². The van der Waals surface area contributed by atoms with Crippen LogP contribution in [0.3, 0.4) is 0 Å². The smallest absolute Gasteiger partial charge is 0.368 e. The van der Waals surface area contributed by atoms with Crippen molar-refractivity contribution in [3.05, 3.63) is 64.7 Å². The minimum absolute atomic E-state index is 0.0411. The molecule has 3 nitrogen and oxygen atoms in total. The van der Waals surface area contributed by atoms with E-state index >= 15 is 0 Å². The number of hydrogen-bond donors (Lipinski definition) is 2. The van der Waals surface area contributed by atoms with Crippen LogP contribution >= 0.6 is 23.8 Å². The first-order valence-corrected chi connectivity index (χ1v) is 7.56. The van der Waals surface area contributed by atoms with Crippen molar-refractivity contribution in [2.75, 3.05) is 5.32 Å². The van der Waals surface area contributed by atoms with E-state index in [0.29, 0.717) is 6.54 Å². The molecule has 0 bridgehead atoms. The molecule has 0 saturated carbocycles. The normalized spacial score (nSPS) is 11.0. The van der Waals surface area contributed by atoms with Gasteiger partial charge in [-0.2, -0.15) is 13.2 Å². The van der Waals surface area contributed by atoms with E-state index in [-0.39, 0.29) is 10.7 Å². The molecule has 0 unspecified atom stereocenters. The van der Waals surface area contributed by atoms with Crippen LogP contribution in [-0.2, 0) is 17.5 Å². The van der Waals surface area contributed by atoms with Gasteiger partial charge in [0.25, 0.3) is 5.91 Å². The second-order valence-corrected chi connectivity index (χ2v) is 5.63. The lowest BCUT2D eigenvalue weighted by Gasteiger charge is -2.12. The van der Waals surface area contributed by atoms with Crippen molar-refractivity contribution in [3.8, 4) is 0 Å². The van der Waals surface area contributed by atoms with Crippen molar-refractivity contribution in [1.29, 1.82) is 0 Å². The summed E-state index contributed by atoms with van der Waals surface area (Å²) in [6.45, 7) is 0.335. The van der Waals surface area contributed by atoms with Crippen molar-refractivity contribution in [3.63, 3.8) is 0 Å². The molecule has 0 atom stereocenters. The van der Waals surface area contributed by atoms with E-state index in [2.05, 4.69) is 10.6 Å². The highest BCUT2D eigenvalue weighted by atomic mass is 35.5. The maximum Gasteiger partial charge on any atom is 0.417 e. The summed E-state index contributed by atoms with van der Waals surface area (Å²) in [4.78, 5) is 11.8. The van der Waals surface area contributed by atoms with E-state index in [4.69, 9.17) is 23.8 Å². The summed E-state index contributed by atoms with van der Waals surface area (Å²) in [6.07, 6.45) is -4.61. The van der Waals surface area contributed by atoms with Gasteiger partial charge in [-0.05, 0) is 23.8 Å². The number of halogens is 4. The summed E-state index contributed by atoms with van der Waals surface area (Å²) in [6, 6.07) is 12.3. The zero-order chi connectivity index (χ0) is 17.7. The number of rotatable bonds is 3. The molecule has 24 heavy (non-hydrogen) atoms. The first kappa shape index (κ1) is 18.2. The number of hydrogen-bond acceptors (Lipinski definition) is 2. The molecule has 0 aromatic heterocycles. The van der Waals surface area contributed by atoms with Gasteiger partial charge >= 0.3 is 6.18 Å². The fourth-order valence-corrected chi connectivity index (χ4v) is 2.21. The van der Waals surface area contributed by atoms with Crippen molar-refractivity contribution < 1.29 is 18.0 Å². The Morgan fingerprint density at radius 1 is 1.12 bits per heavy atom. The summed E-state index contributed by atoms with van der Waals surface area (Å²) in [5, 5.41) is 4.62. The fourth-order valence-electron chi connectivity index (χ4n) is 1.87. The largest absolute Gasteiger partial charge is 0.417 e. The Labute approximate surface area is 146 Å². The van der Waals surface area contributed by atoms with Gasteiger partial charge in [0, 0.05) is 12.2 Å². The molecule has 126 valence electrons. The molecule has 8 heteroatoms. The van der Waals surface area contributed by atoms with Gasteiger partial charge in [0.05, 0.1) is 10.6 Å². The van der Waals surface area contributed by atoms with Crippen molar-refractivity contribution in [2.24, 2.45) is 0 Å². The number of carbonyl (C=O) groups is 1. The zero-order valence-corrected chi connectivity index (χ0v) is 13.7. The van der Waals surface area contributed by atoms with Crippen LogP contribution in [0, 0.1) is 0 Å². The van der Waals surface area contributed by atoms with Gasteiger partial charge < -0.3 is 10.6 Å². The predicted octanol–water partition coefficient (Wildman–Crippen LogP) is 4.41. The Morgan fingerprint density at radius 3 is 2.42 bits per heavy atom. The number of anilines is 1. The molecule has 2 aromatic carbocycles. The van der Waals surface area contributed by atoms with E-state index in [1.54, 1.807) is 0 Å². The molecular formula is C16H12ClF3N2OS. The predicted molar refractivity (Wildman–Crippen MR) is 91.0 cm³/mol. The molecule has 0 saturated heterocycles. The average molecular weight is 373 g/mol. The molecule has 0 fully saturated rings. The number of benzene rings is 2. The SMILES string of the molecule is O=C(Nc1ccc(Cl)c(C(F)(F)F)c1)C(=S)NCc1ccccc1. The maximum atomic E-state index is 12.8. The molecule has 0 aliphatic heterocycles. The van der Waals surface area contributed by atoms with Crippen LogP contribution in [0.15, 0.2) is 48.5 Å². The molecule has 2 rings (SSSR count). The summed E-state index contributed by atoms with van der Waals surface area (Å²) in [7, 11) is 0. The van der Waals surface area contributed by atoms with E-state index in [0.717, 1.165) is 17.7 Å². The highest BCUT2D eigenvalue weighted by molar-refractivity contribution is 7.82. The van der Waals surface area contributed by atoms with Gasteiger partial charge in [0.15, 0.2) is 4.99 Å². The number of alkyl halides is 3. The summed E-state index contributed by atoms with van der Waals surface area (Å²) in [5.41, 5.74) is -0.149. The third-order valence-electron chi connectivity index (χ3n) is 3.03. The number of carbonyl (C=O) groups excluding carboxylic acids is 1. The minimum Gasteiger partial charge on any atom is -0.368 e. The van der Waals surface area contributed by atoms with Gasteiger partial charge in [-0.3, -0.25) is 4.79 Å². The lowest BCUT2D eigenvalue weighted by Crippen LogP contribution is -2.33. The van der Waals surface area contributed by atoms with Crippen molar-refractivity contribution >= 4 is 40.4 Å². The van der Waals surface area contributed by atoms with Gasteiger partial charge in [-0.1, -0.05) is 54.2 Å². The maximum absolute atomic E-state index is 12.8. The number of nitrogens with one attached hydrogen (secondary N) is 2. The number of thiocarbonyl (C=S) groups is 1. The molecule has 0 heterocycles. The van der Waals surface area contributed by atoms with Gasteiger partial charge in [-0.25, -0.2) is 0 Å². The molecule has 2 aromatic rings. The molecule has 0 spiro atoms. The third kappa shape index (κ3) is 4.94.